The zero-order valence-corrected chi connectivity index (χ0v) is 47.5. The van der Waals surface area contributed by atoms with Gasteiger partial charge in [-0.05, 0) is 51.4 Å². The Hall–Kier alpha value is -1.28. The van der Waals surface area contributed by atoms with Crippen LogP contribution in [0.15, 0.2) is 36.5 Å². The average molecular weight is 995 g/mol. The number of aliphatic hydroxyl groups is 1. The second-order valence-electron chi connectivity index (χ2n) is 21.7. The van der Waals surface area contributed by atoms with Gasteiger partial charge in [0.15, 0.2) is 0 Å². The number of amides is 1. The van der Waals surface area contributed by atoms with E-state index in [1.807, 2.05) is 27.2 Å². The number of aliphatic hydroxyl groups excluding tert-OH is 1. The number of carbonyl (C=O) groups is 1. The van der Waals surface area contributed by atoms with Gasteiger partial charge in [0.1, 0.15) is 13.2 Å². The first-order valence-corrected chi connectivity index (χ1v) is 31.4. The van der Waals surface area contributed by atoms with Gasteiger partial charge in [0, 0.05) is 6.42 Å². The van der Waals surface area contributed by atoms with E-state index in [0.717, 1.165) is 44.9 Å². The normalized spacial score (nSPS) is 14.1. The lowest BCUT2D eigenvalue weighted by Crippen LogP contribution is -2.45. The summed E-state index contributed by atoms with van der Waals surface area (Å²) in [5.74, 6) is -0.178. The largest absolute Gasteiger partial charge is 0.472 e. The van der Waals surface area contributed by atoms with Crippen molar-refractivity contribution in [3.8, 4) is 0 Å². The topological polar surface area (TPSA) is 105 Å². The van der Waals surface area contributed by atoms with Crippen molar-refractivity contribution in [3.05, 3.63) is 36.5 Å². The van der Waals surface area contributed by atoms with Crippen molar-refractivity contribution >= 4 is 13.7 Å². The van der Waals surface area contributed by atoms with Crippen molar-refractivity contribution in [2.24, 2.45) is 0 Å². The molecule has 0 aliphatic rings. The van der Waals surface area contributed by atoms with E-state index in [9.17, 15) is 19.4 Å². The van der Waals surface area contributed by atoms with Crippen LogP contribution in [-0.4, -0.2) is 73.4 Å². The Balaban J connectivity index is 4.19. The van der Waals surface area contributed by atoms with Gasteiger partial charge in [0.05, 0.1) is 39.9 Å². The Morgan fingerprint density at radius 1 is 0.493 bits per heavy atom. The predicted molar refractivity (Wildman–Crippen MR) is 300 cm³/mol. The number of quaternary nitrogens is 1. The standard InChI is InChI=1S/C60H117N2O6P/c1-6-8-10-12-14-16-18-20-22-24-26-28-29-30-31-32-34-35-37-39-41-43-45-47-49-51-53-59(63)58(57-68-69(65,66)67-56-55-62(3,4)5)61-60(64)54-52-50-48-46-44-42-40-38-36-33-27-25-23-21-19-17-15-13-11-9-7-2/h19,21,25,27,51,53,58-59,63H,6-18,20,22-24,26,28-50,52,54-57H2,1-5H3,(H-,61,64,65,66)/p+1/b21-19-,27-25-,53-51+. The number of hydrogen-bond donors (Lipinski definition) is 3. The summed E-state index contributed by atoms with van der Waals surface area (Å²) >= 11 is 0. The van der Waals surface area contributed by atoms with Crippen LogP contribution in [0.5, 0.6) is 0 Å². The highest BCUT2D eigenvalue weighted by molar-refractivity contribution is 7.47. The molecule has 0 spiro atoms. The Labute approximate surface area is 429 Å². The maximum Gasteiger partial charge on any atom is 0.472 e. The molecule has 9 heteroatoms. The van der Waals surface area contributed by atoms with Gasteiger partial charge in [0.25, 0.3) is 0 Å². The summed E-state index contributed by atoms with van der Waals surface area (Å²) in [5, 5.41) is 14.0. The van der Waals surface area contributed by atoms with Crippen LogP contribution in [-0.2, 0) is 18.4 Å². The molecule has 0 saturated heterocycles. The van der Waals surface area contributed by atoms with Gasteiger partial charge in [-0.2, -0.15) is 0 Å². The molecular formula is C60H118N2O6P+. The van der Waals surface area contributed by atoms with E-state index < -0.39 is 20.0 Å². The van der Waals surface area contributed by atoms with Crippen molar-refractivity contribution in [2.45, 2.75) is 302 Å². The molecule has 0 aromatic rings. The number of phosphoric ester groups is 1. The number of carbonyl (C=O) groups excluding carboxylic acids is 1. The molecule has 8 nitrogen and oxygen atoms in total. The smallest absolute Gasteiger partial charge is 0.387 e. The highest BCUT2D eigenvalue weighted by Gasteiger charge is 2.27. The summed E-state index contributed by atoms with van der Waals surface area (Å²) in [5.41, 5.74) is 0. The van der Waals surface area contributed by atoms with Gasteiger partial charge in [-0.3, -0.25) is 13.8 Å². The number of phosphoric acid groups is 1. The quantitative estimate of drug-likeness (QED) is 0.0243. The van der Waals surface area contributed by atoms with Crippen LogP contribution < -0.4 is 5.32 Å². The maximum absolute atomic E-state index is 13.0. The minimum Gasteiger partial charge on any atom is -0.387 e. The number of unbranched alkanes of at least 4 members (excludes halogenated alkanes) is 38. The molecule has 0 fully saturated rings. The van der Waals surface area contributed by atoms with Crippen molar-refractivity contribution < 1.29 is 32.9 Å². The van der Waals surface area contributed by atoms with Crippen molar-refractivity contribution in [1.82, 2.24) is 5.32 Å². The first-order chi connectivity index (χ1) is 33.5. The summed E-state index contributed by atoms with van der Waals surface area (Å²) in [6, 6.07) is -0.849. The van der Waals surface area contributed by atoms with Crippen molar-refractivity contribution in [2.75, 3.05) is 40.9 Å². The summed E-state index contributed by atoms with van der Waals surface area (Å²) in [6.07, 6.45) is 66.7. The van der Waals surface area contributed by atoms with Gasteiger partial charge in [-0.25, -0.2) is 4.57 Å². The highest BCUT2D eigenvalue weighted by atomic mass is 31.2. The van der Waals surface area contributed by atoms with Gasteiger partial charge < -0.3 is 19.8 Å². The Morgan fingerprint density at radius 3 is 1.19 bits per heavy atom. The van der Waals surface area contributed by atoms with Gasteiger partial charge >= 0.3 is 7.82 Å². The number of likely N-dealkylation sites (N-methyl/N-ethyl adjacent to an activating group) is 1. The number of rotatable bonds is 55. The van der Waals surface area contributed by atoms with Gasteiger partial charge in [-0.15, -0.1) is 0 Å². The molecule has 3 unspecified atom stereocenters. The summed E-state index contributed by atoms with van der Waals surface area (Å²) < 4.78 is 23.7. The molecule has 0 heterocycles. The average Bonchev–Trinajstić information content (AvgIpc) is 3.31. The number of allylic oxidation sites excluding steroid dienone is 5. The molecule has 69 heavy (non-hydrogen) atoms. The third kappa shape index (κ3) is 54.3. The lowest BCUT2D eigenvalue weighted by molar-refractivity contribution is -0.870. The zero-order chi connectivity index (χ0) is 50.6. The molecule has 0 aromatic heterocycles. The van der Waals surface area contributed by atoms with Crippen LogP contribution in [0, 0.1) is 0 Å². The fourth-order valence-electron chi connectivity index (χ4n) is 8.90. The Morgan fingerprint density at radius 2 is 0.826 bits per heavy atom. The van der Waals surface area contributed by atoms with E-state index in [-0.39, 0.29) is 19.1 Å². The Bertz CT molecular complexity index is 1220. The summed E-state index contributed by atoms with van der Waals surface area (Å²) in [6.45, 7) is 4.84. The molecule has 0 aromatic carbocycles. The molecule has 1 amide bonds. The minimum absolute atomic E-state index is 0.0611. The summed E-state index contributed by atoms with van der Waals surface area (Å²) in [7, 11) is 1.58. The molecule has 408 valence electrons. The van der Waals surface area contributed by atoms with E-state index >= 15 is 0 Å². The van der Waals surface area contributed by atoms with Crippen LogP contribution in [0.4, 0.5) is 0 Å². The Kier molecular flexibility index (Phi) is 50.7. The fraction of sp³-hybridized carbons (Fsp3) is 0.883. The van der Waals surface area contributed by atoms with Crippen molar-refractivity contribution in [1.29, 1.82) is 0 Å². The summed E-state index contributed by atoms with van der Waals surface area (Å²) in [4.78, 5) is 23.3. The second kappa shape index (κ2) is 51.6. The molecule has 0 aliphatic heterocycles. The fourth-order valence-corrected chi connectivity index (χ4v) is 9.63. The molecule has 0 aliphatic carbocycles. The van der Waals surface area contributed by atoms with Crippen LogP contribution in [0.3, 0.4) is 0 Å². The minimum atomic E-state index is -4.35. The molecule has 0 saturated carbocycles. The third-order valence-corrected chi connectivity index (χ3v) is 14.6. The lowest BCUT2D eigenvalue weighted by Gasteiger charge is -2.25. The van der Waals surface area contributed by atoms with E-state index in [1.54, 1.807) is 6.08 Å². The van der Waals surface area contributed by atoms with Crippen LogP contribution in [0.2, 0.25) is 0 Å². The monoisotopic (exact) mass is 994 g/mol. The number of hydrogen-bond acceptors (Lipinski definition) is 5. The first kappa shape index (κ1) is 67.7. The molecule has 0 bridgehead atoms. The van der Waals surface area contributed by atoms with Crippen LogP contribution in [0.1, 0.15) is 290 Å². The third-order valence-electron chi connectivity index (χ3n) is 13.6. The predicted octanol–water partition coefficient (Wildman–Crippen LogP) is 18.2. The second-order valence-corrected chi connectivity index (χ2v) is 23.2. The van der Waals surface area contributed by atoms with E-state index in [1.165, 1.54) is 225 Å². The van der Waals surface area contributed by atoms with Crippen LogP contribution in [0.25, 0.3) is 0 Å². The molecular weight excluding hydrogens is 876 g/mol. The molecule has 0 radical (unpaired) electrons. The van der Waals surface area contributed by atoms with E-state index in [2.05, 4.69) is 43.5 Å². The van der Waals surface area contributed by atoms with Crippen LogP contribution >= 0.6 is 7.82 Å². The molecule has 0 rings (SSSR count). The van der Waals surface area contributed by atoms with Gasteiger partial charge in [0.2, 0.25) is 5.91 Å². The van der Waals surface area contributed by atoms with E-state index in [0.29, 0.717) is 17.4 Å². The molecule has 3 N–H and O–H groups in total. The SMILES string of the molecule is CCCCCCC/C=C\C/C=C\CCCCCCCCCCCC(=O)NC(COP(=O)(O)OCC[N+](C)(C)C)C(O)/C=C/CCCCCCCCCCCCCCCCCCCCCCCCCC. The zero-order valence-electron chi connectivity index (χ0n) is 46.6. The molecule has 3 atom stereocenters. The first-order valence-electron chi connectivity index (χ1n) is 29.9. The highest BCUT2D eigenvalue weighted by Crippen LogP contribution is 2.43. The van der Waals surface area contributed by atoms with E-state index in [4.69, 9.17) is 9.05 Å². The maximum atomic E-state index is 13.0. The van der Waals surface area contributed by atoms with Crippen molar-refractivity contribution in [3.63, 3.8) is 0 Å². The van der Waals surface area contributed by atoms with Gasteiger partial charge in [-0.1, -0.05) is 269 Å². The lowest BCUT2D eigenvalue weighted by atomic mass is 10.0. The number of nitrogens with zero attached hydrogens (tertiary/aromatic N) is 1. The number of nitrogens with one attached hydrogen (secondary N) is 1.